The van der Waals surface area contributed by atoms with Gasteiger partial charge >= 0.3 is 5.97 Å². The Balaban J connectivity index is 1.56. The lowest BCUT2D eigenvalue weighted by atomic mass is 9.96. The van der Waals surface area contributed by atoms with Crippen molar-refractivity contribution in [3.63, 3.8) is 0 Å². The lowest BCUT2D eigenvalue weighted by molar-refractivity contribution is -0.385. The molecular formula is C20H19BrN2O5. The first-order chi connectivity index (χ1) is 13.3. The summed E-state index contributed by atoms with van der Waals surface area (Å²) in [4.78, 5) is 37.1. The average molecular weight is 447 g/mol. The van der Waals surface area contributed by atoms with Crippen LogP contribution in [0.2, 0.25) is 0 Å². The van der Waals surface area contributed by atoms with Crippen molar-refractivity contribution in [2.24, 2.45) is 5.92 Å². The number of halogens is 1. The van der Waals surface area contributed by atoms with E-state index in [1.807, 2.05) is 12.1 Å². The van der Waals surface area contributed by atoms with Gasteiger partial charge in [0.2, 0.25) is 0 Å². The molecule has 1 amide bonds. The zero-order valence-electron chi connectivity index (χ0n) is 15.3. The molecule has 0 aliphatic carbocycles. The molecule has 0 saturated carbocycles. The van der Waals surface area contributed by atoms with Crippen molar-refractivity contribution >= 4 is 33.5 Å². The van der Waals surface area contributed by atoms with Gasteiger partial charge in [-0.1, -0.05) is 15.9 Å². The zero-order valence-corrected chi connectivity index (χ0v) is 16.8. The Kier molecular flexibility index (Phi) is 6.08. The average Bonchev–Trinajstić information content (AvgIpc) is 2.68. The first kappa shape index (κ1) is 20.0. The van der Waals surface area contributed by atoms with E-state index in [0.717, 1.165) is 4.47 Å². The van der Waals surface area contributed by atoms with Gasteiger partial charge < -0.3 is 9.64 Å². The van der Waals surface area contributed by atoms with Crippen LogP contribution in [0.15, 0.2) is 46.9 Å². The number of amides is 1. The highest BCUT2D eigenvalue weighted by atomic mass is 79.9. The van der Waals surface area contributed by atoms with Crippen LogP contribution in [0.5, 0.6) is 5.75 Å². The van der Waals surface area contributed by atoms with Crippen LogP contribution in [0, 0.1) is 23.0 Å². The number of hydrogen-bond acceptors (Lipinski definition) is 5. The van der Waals surface area contributed by atoms with Crippen LogP contribution >= 0.6 is 15.9 Å². The summed E-state index contributed by atoms with van der Waals surface area (Å²) in [6.45, 7) is 2.56. The molecule has 0 atom stereocenters. The number of carbonyl (C=O) groups excluding carboxylic acids is 2. The van der Waals surface area contributed by atoms with Gasteiger partial charge in [0.25, 0.3) is 11.6 Å². The summed E-state index contributed by atoms with van der Waals surface area (Å²) >= 11 is 3.35. The standard InChI is InChI=1S/C20H19BrN2O5/c1-13-12-17(6-7-18(13)23(26)27)28-20(25)15-8-10-22(11-9-15)19(24)14-2-4-16(21)5-3-14/h2-7,12,15H,8-11H2,1H3. The van der Waals surface area contributed by atoms with Gasteiger partial charge in [-0.05, 0) is 56.2 Å². The number of carbonyl (C=O) groups is 2. The molecule has 1 fully saturated rings. The third-order valence-electron chi connectivity index (χ3n) is 4.79. The predicted molar refractivity (Wildman–Crippen MR) is 106 cm³/mol. The first-order valence-corrected chi connectivity index (χ1v) is 9.66. The maximum atomic E-state index is 12.5. The van der Waals surface area contributed by atoms with E-state index in [1.54, 1.807) is 24.0 Å². The van der Waals surface area contributed by atoms with Gasteiger partial charge in [0.1, 0.15) is 5.75 Å². The molecule has 0 N–H and O–H groups in total. The molecular weight excluding hydrogens is 428 g/mol. The normalized spacial score (nSPS) is 14.6. The Morgan fingerprint density at radius 2 is 1.79 bits per heavy atom. The fourth-order valence-electron chi connectivity index (χ4n) is 3.19. The molecule has 1 heterocycles. The number of piperidine rings is 1. The molecule has 0 radical (unpaired) electrons. The van der Waals surface area contributed by atoms with Crippen LogP contribution in [0.4, 0.5) is 5.69 Å². The minimum Gasteiger partial charge on any atom is -0.426 e. The lowest BCUT2D eigenvalue weighted by Crippen LogP contribution is -2.41. The molecule has 8 heteroatoms. The molecule has 28 heavy (non-hydrogen) atoms. The van der Waals surface area contributed by atoms with Crippen LogP contribution in [0.3, 0.4) is 0 Å². The van der Waals surface area contributed by atoms with Gasteiger partial charge in [-0.2, -0.15) is 0 Å². The van der Waals surface area contributed by atoms with E-state index in [9.17, 15) is 19.7 Å². The van der Waals surface area contributed by atoms with E-state index >= 15 is 0 Å². The second kappa shape index (κ2) is 8.52. The summed E-state index contributed by atoms with van der Waals surface area (Å²) in [6, 6.07) is 11.4. The maximum Gasteiger partial charge on any atom is 0.314 e. The van der Waals surface area contributed by atoms with E-state index in [4.69, 9.17) is 4.74 Å². The second-order valence-electron chi connectivity index (χ2n) is 6.70. The molecule has 1 aliphatic rings. The number of aryl methyl sites for hydroxylation is 1. The molecule has 0 bridgehead atoms. The summed E-state index contributed by atoms with van der Waals surface area (Å²) in [5.41, 5.74) is 1.04. The Morgan fingerprint density at radius 1 is 1.14 bits per heavy atom. The quantitative estimate of drug-likeness (QED) is 0.304. The Bertz CT molecular complexity index is 905. The highest BCUT2D eigenvalue weighted by molar-refractivity contribution is 9.10. The first-order valence-electron chi connectivity index (χ1n) is 8.86. The van der Waals surface area contributed by atoms with E-state index < -0.39 is 4.92 Å². The Hall–Kier alpha value is -2.74. The number of nitro benzene ring substituents is 1. The van der Waals surface area contributed by atoms with Crippen molar-refractivity contribution < 1.29 is 19.2 Å². The van der Waals surface area contributed by atoms with Crippen molar-refractivity contribution in [2.45, 2.75) is 19.8 Å². The van der Waals surface area contributed by atoms with Gasteiger partial charge in [0.15, 0.2) is 0 Å². The smallest absolute Gasteiger partial charge is 0.314 e. The third-order valence-corrected chi connectivity index (χ3v) is 5.32. The van der Waals surface area contributed by atoms with Crippen molar-refractivity contribution in [3.05, 3.63) is 68.2 Å². The third kappa shape index (κ3) is 4.56. The van der Waals surface area contributed by atoms with Crippen molar-refractivity contribution in [3.8, 4) is 5.75 Å². The molecule has 0 spiro atoms. The van der Waals surface area contributed by atoms with Crippen molar-refractivity contribution in [1.29, 1.82) is 0 Å². The van der Waals surface area contributed by atoms with E-state index in [0.29, 0.717) is 42.8 Å². The van der Waals surface area contributed by atoms with Crippen LogP contribution < -0.4 is 4.74 Å². The summed E-state index contributed by atoms with van der Waals surface area (Å²) in [5.74, 6) is -0.430. The number of ether oxygens (including phenoxy) is 1. The van der Waals surface area contributed by atoms with E-state index in [2.05, 4.69) is 15.9 Å². The predicted octanol–water partition coefficient (Wildman–Crippen LogP) is 4.12. The zero-order chi connectivity index (χ0) is 20.3. The van der Waals surface area contributed by atoms with Crippen molar-refractivity contribution in [2.75, 3.05) is 13.1 Å². The summed E-state index contributed by atoms with van der Waals surface area (Å²) in [6.07, 6.45) is 1.04. The van der Waals surface area contributed by atoms with Gasteiger partial charge in [-0.15, -0.1) is 0 Å². The van der Waals surface area contributed by atoms with Crippen LogP contribution in [0.1, 0.15) is 28.8 Å². The maximum absolute atomic E-state index is 12.5. The SMILES string of the molecule is Cc1cc(OC(=O)C2CCN(C(=O)c3ccc(Br)cc3)CC2)ccc1[N+](=O)[O-]. The molecule has 1 aliphatic heterocycles. The Labute approximate surface area is 170 Å². The summed E-state index contributed by atoms with van der Waals surface area (Å²) in [7, 11) is 0. The number of benzene rings is 2. The summed E-state index contributed by atoms with van der Waals surface area (Å²) < 4.78 is 6.30. The number of hydrogen-bond donors (Lipinski definition) is 0. The molecule has 3 rings (SSSR count). The number of likely N-dealkylation sites (tertiary alicyclic amines) is 1. The minimum atomic E-state index is -0.473. The fourth-order valence-corrected chi connectivity index (χ4v) is 3.45. The van der Waals surface area contributed by atoms with Crippen LogP contribution in [-0.2, 0) is 4.79 Å². The highest BCUT2D eigenvalue weighted by Crippen LogP contribution is 2.26. The van der Waals surface area contributed by atoms with Crippen molar-refractivity contribution in [1.82, 2.24) is 4.90 Å². The molecule has 2 aromatic rings. The second-order valence-corrected chi connectivity index (χ2v) is 7.62. The number of rotatable bonds is 4. The fraction of sp³-hybridized carbons (Fsp3) is 0.300. The molecule has 2 aromatic carbocycles. The topological polar surface area (TPSA) is 89.8 Å². The van der Waals surface area contributed by atoms with Gasteiger partial charge in [0, 0.05) is 34.8 Å². The van der Waals surface area contributed by atoms with E-state index in [-0.39, 0.29) is 23.5 Å². The minimum absolute atomic E-state index is 0.0143. The number of esters is 1. The summed E-state index contributed by atoms with van der Waals surface area (Å²) in [5, 5.41) is 10.9. The van der Waals surface area contributed by atoms with Gasteiger partial charge in [-0.3, -0.25) is 19.7 Å². The molecule has 0 unspecified atom stereocenters. The largest absolute Gasteiger partial charge is 0.426 e. The highest BCUT2D eigenvalue weighted by Gasteiger charge is 2.29. The number of nitrogens with zero attached hydrogens (tertiary/aromatic N) is 2. The van der Waals surface area contributed by atoms with Gasteiger partial charge in [-0.25, -0.2) is 0 Å². The molecule has 0 aromatic heterocycles. The molecule has 146 valence electrons. The molecule has 7 nitrogen and oxygen atoms in total. The van der Waals surface area contributed by atoms with E-state index in [1.165, 1.54) is 18.2 Å². The Morgan fingerprint density at radius 3 is 2.36 bits per heavy atom. The number of nitro groups is 1. The van der Waals surface area contributed by atoms with Crippen LogP contribution in [0.25, 0.3) is 0 Å². The lowest BCUT2D eigenvalue weighted by Gasteiger charge is -2.31. The monoisotopic (exact) mass is 446 g/mol. The van der Waals surface area contributed by atoms with Gasteiger partial charge in [0.05, 0.1) is 10.8 Å². The van der Waals surface area contributed by atoms with Crippen LogP contribution in [-0.4, -0.2) is 34.8 Å². The molecule has 1 saturated heterocycles.